The van der Waals surface area contributed by atoms with Crippen LogP contribution in [-0.2, 0) is 0 Å². The highest BCUT2D eigenvalue weighted by Crippen LogP contribution is 2.38. The fourth-order valence-corrected chi connectivity index (χ4v) is 3.37. The van der Waals surface area contributed by atoms with Gasteiger partial charge in [0.05, 0.1) is 17.7 Å². The molecule has 0 aliphatic heterocycles. The molecule has 1 heterocycles. The van der Waals surface area contributed by atoms with Gasteiger partial charge >= 0.3 is 6.18 Å². The number of benzene rings is 1. The van der Waals surface area contributed by atoms with Gasteiger partial charge in [-0.05, 0) is 43.4 Å². The maximum absolute atomic E-state index is 12.8. The second-order valence-electron chi connectivity index (χ2n) is 6.36. The molecule has 0 amide bonds. The molecule has 24 heavy (non-hydrogen) atoms. The zero-order valence-corrected chi connectivity index (χ0v) is 13.3. The Bertz CT molecular complexity index is 581. The van der Waals surface area contributed by atoms with Crippen molar-refractivity contribution < 1.29 is 13.2 Å². The van der Waals surface area contributed by atoms with Crippen LogP contribution in [0.25, 0.3) is 0 Å². The van der Waals surface area contributed by atoms with Gasteiger partial charge in [-0.3, -0.25) is 4.98 Å². The van der Waals surface area contributed by atoms with Crippen molar-refractivity contribution in [2.45, 2.75) is 43.9 Å². The number of nitrogens with zero attached hydrogens (tertiary/aromatic N) is 1. The van der Waals surface area contributed by atoms with Crippen molar-refractivity contribution in [1.29, 1.82) is 0 Å². The van der Waals surface area contributed by atoms with E-state index in [1.165, 1.54) is 0 Å². The van der Waals surface area contributed by atoms with Crippen LogP contribution < -0.4 is 5.32 Å². The highest BCUT2D eigenvalue weighted by Gasteiger charge is 2.41. The first-order valence-electron chi connectivity index (χ1n) is 8.32. The lowest BCUT2D eigenvalue weighted by Gasteiger charge is -2.33. The zero-order chi connectivity index (χ0) is 17.0. The summed E-state index contributed by atoms with van der Waals surface area (Å²) in [6.07, 6.45) is -0.839. The molecule has 2 aromatic rings. The molecular formula is C19H21F3N2. The minimum absolute atomic E-state index is 0.0795. The maximum atomic E-state index is 12.8. The fraction of sp³-hybridized carbons (Fsp3) is 0.421. The van der Waals surface area contributed by atoms with E-state index in [0.29, 0.717) is 12.8 Å². The van der Waals surface area contributed by atoms with Crippen molar-refractivity contribution >= 4 is 0 Å². The van der Waals surface area contributed by atoms with Crippen LogP contribution in [-0.4, -0.2) is 17.2 Å². The molecule has 1 aliphatic carbocycles. The molecule has 1 N–H and O–H groups in total. The third-order valence-corrected chi connectivity index (χ3v) is 4.71. The first kappa shape index (κ1) is 17.0. The topological polar surface area (TPSA) is 24.9 Å². The van der Waals surface area contributed by atoms with Crippen LogP contribution in [0.15, 0.2) is 54.7 Å². The molecule has 1 atom stereocenters. The average Bonchev–Trinajstić information content (AvgIpc) is 2.61. The van der Waals surface area contributed by atoms with E-state index in [-0.39, 0.29) is 24.9 Å². The van der Waals surface area contributed by atoms with Crippen LogP contribution in [0.3, 0.4) is 0 Å². The number of alkyl halides is 3. The van der Waals surface area contributed by atoms with E-state index in [0.717, 1.165) is 11.3 Å². The van der Waals surface area contributed by atoms with Gasteiger partial charge in [-0.25, -0.2) is 0 Å². The minimum Gasteiger partial charge on any atom is -0.302 e. The average molecular weight is 334 g/mol. The highest BCUT2D eigenvalue weighted by molar-refractivity contribution is 5.27. The fourth-order valence-electron chi connectivity index (χ4n) is 3.37. The summed E-state index contributed by atoms with van der Waals surface area (Å²) in [4.78, 5) is 4.43. The van der Waals surface area contributed by atoms with Crippen molar-refractivity contribution in [3.05, 3.63) is 66.0 Å². The number of rotatable bonds is 4. The van der Waals surface area contributed by atoms with Crippen LogP contribution in [0.4, 0.5) is 13.2 Å². The van der Waals surface area contributed by atoms with Gasteiger partial charge in [0.25, 0.3) is 0 Å². The van der Waals surface area contributed by atoms with Gasteiger partial charge in [0.1, 0.15) is 0 Å². The second-order valence-corrected chi connectivity index (χ2v) is 6.36. The van der Waals surface area contributed by atoms with E-state index in [9.17, 15) is 13.2 Å². The van der Waals surface area contributed by atoms with E-state index >= 15 is 0 Å². The van der Waals surface area contributed by atoms with Crippen LogP contribution in [0.2, 0.25) is 0 Å². The SMILES string of the molecule is FC(F)(F)C1CCC(NC(c2ccccc2)c2ccccn2)CC1. The number of hydrogen-bond acceptors (Lipinski definition) is 2. The molecule has 0 saturated heterocycles. The number of aromatic nitrogens is 1. The smallest absolute Gasteiger partial charge is 0.302 e. The molecule has 0 bridgehead atoms. The lowest BCUT2D eigenvalue weighted by molar-refractivity contribution is -0.182. The Morgan fingerprint density at radius 1 is 0.917 bits per heavy atom. The summed E-state index contributed by atoms with van der Waals surface area (Å²) in [6.45, 7) is 0. The quantitative estimate of drug-likeness (QED) is 0.862. The normalized spacial score (nSPS) is 23.0. The highest BCUT2D eigenvalue weighted by atomic mass is 19.4. The summed E-state index contributed by atoms with van der Waals surface area (Å²) >= 11 is 0. The molecular weight excluding hydrogens is 313 g/mol. The Labute approximate surface area is 140 Å². The number of nitrogens with one attached hydrogen (secondary N) is 1. The summed E-state index contributed by atoms with van der Waals surface area (Å²) in [5.74, 6) is -1.15. The molecule has 128 valence electrons. The van der Waals surface area contributed by atoms with E-state index in [2.05, 4.69) is 10.3 Å². The molecule has 5 heteroatoms. The van der Waals surface area contributed by atoms with Gasteiger partial charge in [0.2, 0.25) is 0 Å². The van der Waals surface area contributed by atoms with Crippen molar-refractivity contribution in [2.75, 3.05) is 0 Å². The van der Waals surface area contributed by atoms with Gasteiger partial charge in [-0.15, -0.1) is 0 Å². The minimum atomic E-state index is -4.06. The Kier molecular flexibility index (Phi) is 5.19. The second kappa shape index (κ2) is 7.34. The predicted molar refractivity (Wildman–Crippen MR) is 87.5 cm³/mol. The van der Waals surface area contributed by atoms with E-state index < -0.39 is 12.1 Å². The summed E-state index contributed by atoms with van der Waals surface area (Å²) < 4.78 is 38.5. The third-order valence-electron chi connectivity index (χ3n) is 4.71. The Hall–Kier alpha value is -1.88. The predicted octanol–water partition coefficient (Wildman–Crippen LogP) is 4.88. The van der Waals surface area contributed by atoms with Crippen molar-refractivity contribution in [1.82, 2.24) is 10.3 Å². The van der Waals surface area contributed by atoms with E-state index in [4.69, 9.17) is 0 Å². The van der Waals surface area contributed by atoms with Crippen molar-refractivity contribution in [3.63, 3.8) is 0 Å². The van der Waals surface area contributed by atoms with Gasteiger partial charge in [-0.1, -0.05) is 36.4 Å². The monoisotopic (exact) mass is 334 g/mol. The van der Waals surface area contributed by atoms with Crippen LogP contribution in [0, 0.1) is 5.92 Å². The number of hydrogen-bond donors (Lipinski definition) is 1. The zero-order valence-electron chi connectivity index (χ0n) is 13.3. The lowest BCUT2D eigenvalue weighted by atomic mass is 9.85. The molecule has 1 aromatic carbocycles. The number of pyridine rings is 1. The van der Waals surface area contributed by atoms with Gasteiger partial charge < -0.3 is 5.32 Å². The molecule has 1 fully saturated rings. The maximum Gasteiger partial charge on any atom is 0.391 e. The molecule has 3 rings (SSSR count). The summed E-state index contributed by atoms with van der Waals surface area (Å²) in [7, 11) is 0. The Balaban J connectivity index is 1.72. The van der Waals surface area contributed by atoms with Gasteiger partial charge in [0.15, 0.2) is 0 Å². The van der Waals surface area contributed by atoms with Crippen molar-refractivity contribution in [2.24, 2.45) is 5.92 Å². The molecule has 1 aliphatic rings. The van der Waals surface area contributed by atoms with E-state index in [1.54, 1.807) is 6.20 Å². The van der Waals surface area contributed by atoms with Crippen LogP contribution in [0.1, 0.15) is 43.0 Å². The molecule has 0 spiro atoms. The molecule has 1 unspecified atom stereocenters. The number of halogens is 3. The largest absolute Gasteiger partial charge is 0.391 e. The van der Waals surface area contributed by atoms with Crippen molar-refractivity contribution in [3.8, 4) is 0 Å². The third kappa shape index (κ3) is 4.15. The molecule has 1 aromatic heterocycles. The van der Waals surface area contributed by atoms with Crippen LogP contribution >= 0.6 is 0 Å². The molecule has 2 nitrogen and oxygen atoms in total. The first-order chi connectivity index (χ1) is 11.5. The Morgan fingerprint density at radius 2 is 1.58 bits per heavy atom. The van der Waals surface area contributed by atoms with Gasteiger partial charge in [-0.2, -0.15) is 13.2 Å². The molecule has 0 radical (unpaired) electrons. The summed E-state index contributed by atoms with van der Waals surface area (Å²) in [5, 5.41) is 3.53. The summed E-state index contributed by atoms with van der Waals surface area (Å²) in [5.41, 5.74) is 1.97. The van der Waals surface area contributed by atoms with Gasteiger partial charge in [0, 0.05) is 12.2 Å². The van der Waals surface area contributed by atoms with E-state index in [1.807, 2.05) is 48.5 Å². The Morgan fingerprint density at radius 3 is 2.17 bits per heavy atom. The summed E-state index contributed by atoms with van der Waals surface area (Å²) in [6, 6.07) is 15.7. The van der Waals surface area contributed by atoms with Crippen LogP contribution in [0.5, 0.6) is 0 Å². The standard InChI is InChI=1S/C19H21F3N2/c20-19(21,22)15-9-11-16(12-10-15)24-18(14-6-2-1-3-7-14)17-8-4-5-13-23-17/h1-8,13,15-16,18,24H,9-12H2. The first-order valence-corrected chi connectivity index (χ1v) is 8.32. The molecule has 1 saturated carbocycles. The lowest BCUT2D eigenvalue weighted by Crippen LogP contribution is -2.39.